The molecule has 3 aromatic rings. The van der Waals surface area contributed by atoms with E-state index in [0.717, 1.165) is 16.7 Å². The lowest BCUT2D eigenvalue weighted by Crippen LogP contribution is -2.55. The van der Waals surface area contributed by atoms with E-state index in [1.165, 1.54) is 6.08 Å². The summed E-state index contributed by atoms with van der Waals surface area (Å²) in [5, 5.41) is 7.01. The van der Waals surface area contributed by atoms with Crippen LogP contribution in [0.3, 0.4) is 0 Å². The SMILES string of the molecule is CN(CC(c1ccccc1)c1ccccc1)C(=O)[C@H](CCN)NCC(C)(C)NC(=O)/C=C/c1ccc(Cl)cc1. The molecule has 7 heteroatoms. The van der Waals surface area contributed by atoms with Crippen LogP contribution in [-0.2, 0) is 9.59 Å². The van der Waals surface area contributed by atoms with Gasteiger partial charge in [0.1, 0.15) is 0 Å². The molecule has 39 heavy (non-hydrogen) atoms. The molecule has 4 N–H and O–H groups in total. The molecule has 0 aliphatic carbocycles. The summed E-state index contributed by atoms with van der Waals surface area (Å²) in [4.78, 5) is 27.9. The molecule has 0 saturated carbocycles. The second-order valence-corrected chi connectivity index (χ2v) is 10.8. The summed E-state index contributed by atoms with van der Waals surface area (Å²) in [6, 6.07) is 27.2. The topological polar surface area (TPSA) is 87.5 Å². The van der Waals surface area contributed by atoms with Crippen molar-refractivity contribution in [1.29, 1.82) is 0 Å². The van der Waals surface area contributed by atoms with Crippen LogP contribution in [-0.4, -0.2) is 55.0 Å². The Balaban J connectivity index is 1.62. The number of halogens is 1. The third-order valence-corrected chi connectivity index (χ3v) is 6.79. The molecule has 3 aromatic carbocycles. The summed E-state index contributed by atoms with van der Waals surface area (Å²) < 4.78 is 0. The molecule has 0 radical (unpaired) electrons. The molecule has 0 saturated heterocycles. The van der Waals surface area contributed by atoms with Crippen LogP contribution in [0.25, 0.3) is 6.08 Å². The molecular formula is C32H39ClN4O2. The molecule has 0 spiro atoms. The number of hydrogen-bond donors (Lipinski definition) is 3. The Morgan fingerprint density at radius 2 is 1.51 bits per heavy atom. The lowest BCUT2D eigenvalue weighted by molar-refractivity contribution is -0.132. The lowest BCUT2D eigenvalue weighted by Gasteiger charge is -2.32. The first-order valence-electron chi connectivity index (χ1n) is 13.2. The first kappa shape index (κ1) is 30.1. The molecule has 0 aliphatic rings. The summed E-state index contributed by atoms with van der Waals surface area (Å²) in [6.45, 7) is 5.14. The maximum Gasteiger partial charge on any atom is 0.244 e. The van der Waals surface area contributed by atoms with Crippen molar-refractivity contribution in [3.63, 3.8) is 0 Å². The van der Waals surface area contributed by atoms with Crippen molar-refractivity contribution in [3.05, 3.63) is 113 Å². The predicted molar refractivity (Wildman–Crippen MR) is 161 cm³/mol. The molecule has 0 bridgehead atoms. The first-order chi connectivity index (χ1) is 18.7. The highest BCUT2D eigenvalue weighted by Crippen LogP contribution is 2.25. The van der Waals surface area contributed by atoms with Crippen molar-refractivity contribution in [2.24, 2.45) is 5.73 Å². The van der Waals surface area contributed by atoms with E-state index in [1.54, 1.807) is 23.1 Å². The van der Waals surface area contributed by atoms with Gasteiger partial charge < -0.3 is 21.3 Å². The van der Waals surface area contributed by atoms with E-state index in [1.807, 2.05) is 69.4 Å². The van der Waals surface area contributed by atoms with E-state index < -0.39 is 11.6 Å². The number of carbonyl (C=O) groups is 2. The van der Waals surface area contributed by atoms with Crippen molar-refractivity contribution in [2.45, 2.75) is 37.8 Å². The van der Waals surface area contributed by atoms with Crippen LogP contribution in [0, 0.1) is 0 Å². The fourth-order valence-electron chi connectivity index (χ4n) is 4.43. The Kier molecular flexibility index (Phi) is 11.3. The number of likely N-dealkylation sites (N-methyl/N-ethyl adjacent to an activating group) is 1. The minimum Gasteiger partial charge on any atom is -0.346 e. The molecule has 206 valence electrons. The van der Waals surface area contributed by atoms with Gasteiger partial charge in [0.2, 0.25) is 11.8 Å². The Morgan fingerprint density at radius 1 is 0.949 bits per heavy atom. The maximum absolute atomic E-state index is 13.6. The molecule has 0 fully saturated rings. The second kappa shape index (κ2) is 14.6. The standard InChI is InChI=1S/C32H39ClN4O2/c1-32(2,36-30(38)19-16-24-14-17-27(33)18-15-24)23-35-29(20-21-34)31(39)37(3)22-28(25-10-6-4-7-11-25)26-12-8-5-9-13-26/h4-19,28-29,35H,20-23,34H2,1-3H3,(H,36,38)/b19-16+/t29-/m0/s1. The van der Waals surface area contributed by atoms with Gasteiger partial charge in [-0.25, -0.2) is 0 Å². The fourth-order valence-corrected chi connectivity index (χ4v) is 4.55. The molecule has 3 rings (SSSR count). The second-order valence-electron chi connectivity index (χ2n) is 10.4. The third-order valence-electron chi connectivity index (χ3n) is 6.54. The van der Waals surface area contributed by atoms with Gasteiger partial charge in [-0.05, 0) is 61.7 Å². The van der Waals surface area contributed by atoms with E-state index in [-0.39, 0.29) is 17.7 Å². The monoisotopic (exact) mass is 546 g/mol. The van der Waals surface area contributed by atoms with E-state index in [9.17, 15) is 9.59 Å². The number of amides is 2. The molecule has 2 amide bonds. The highest BCUT2D eigenvalue weighted by molar-refractivity contribution is 6.30. The van der Waals surface area contributed by atoms with E-state index in [2.05, 4.69) is 34.9 Å². The van der Waals surface area contributed by atoms with Gasteiger partial charge in [-0.15, -0.1) is 0 Å². The quantitative estimate of drug-likeness (QED) is 0.268. The van der Waals surface area contributed by atoms with Gasteiger partial charge >= 0.3 is 0 Å². The van der Waals surface area contributed by atoms with Crippen molar-refractivity contribution in [1.82, 2.24) is 15.5 Å². The molecule has 6 nitrogen and oxygen atoms in total. The predicted octanol–water partition coefficient (Wildman–Crippen LogP) is 4.85. The summed E-state index contributed by atoms with van der Waals surface area (Å²) in [6.07, 6.45) is 3.72. The maximum atomic E-state index is 13.6. The van der Waals surface area contributed by atoms with Gasteiger partial charge in [0.15, 0.2) is 0 Å². The van der Waals surface area contributed by atoms with Crippen molar-refractivity contribution < 1.29 is 9.59 Å². The van der Waals surface area contributed by atoms with E-state index in [0.29, 0.717) is 31.1 Å². The van der Waals surface area contributed by atoms with Crippen LogP contribution in [0.1, 0.15) is 42.9 Å². The van der Waals surface area contributed by atoms with Crippen LogP contribution in [0.2, 0.25) is 5.02 Å². The summed E-state index contributed by atoms with van der Waals surface area (Å²) >= 11 is 5.92. The zero-order chi connectivity index (χ0) is 28.3. The Hall–Kier alpha value is -3.45. The van der Waals surface area contributed by atoms with Crippen LogP contribution < -0.4 is 16.4 Å². The fraction of sp³-hybridized carbons (Fsp3) is 0.312. The molecule has 1 atom stereocenters. The van der Waals surface area contributed by atoms with Gasteiger partial charge in [-0.1, -0.05) is 84.4 Å². The molecule has 0 unspecified atom stereocenters. The summed E-state index contributed by atoms with van der Waals surface area (Å²) in [5.41, 5.74) is 8.47. The smallest absolute Gasteiger partial charge is 0.244 e. The normalized spacial score (nSPS) is 12.5. The van der Waals surface area contributed by atoms with Crippen LogP contribution >= 0.6 is 11.6 Å². The van der Waals surface area contributed by atoms with Gasteiger partial charge in [0.05, 0.1) is 6.04 Å². The van der Waals surface area contributed by atoms with Crippen LogP contribution in [0.5, 0.6) is 0 Å². The molecular weight excluding hydrogens is 508 g/mol. The minimum atomic E-state index is -0.594. The number of nitrogens with one attached hydrogen (secondary N) is 2. The lowest BCUT2D eigenvalue weighted by atomic mass is 9.90. The molecule has 0 aromatic heterocycles. The van der Waals surface area contributed by atoms with E-state index in [4.69, 9.17) is 17.3 Å². The van der Waals surface area contributed by atoms with Gasteiger partial charge in [0, 0.05) is 42.7 Å². The van der Waals surface area contributed by atoms with Gasteiger partial charge in [0.25, 0.3) is 0 Å². The number of carbonyl (C=O) groups excluding carboxylic acids is 2. The zero-order valence-electron chi connectivity index (χ0n) is 22.9. The largest absolute Gasteiger partial charge is 0.346 e. The van der Waals surface area contributed by atoms with Crippen LogP contribution in [0.15, 0.2) is 91.0 Å². The third kappa shape index (κ3) is 9.66. The Labute approximate surface area is 237 Å². The Bertz CT molecular complexity index is 1170. The number of nitrogens with two attached hydrogens (primary N) is 1. The highest BCUT2D eigenvalue weighted by Gasteiger charge is 2.27. The number of benzene rings is 3. The number of hydrogen-bond acceptors (Lipinski definition) is 4. The van der Waals surface area contributed by atoms with Gasteiger partial charge in [-0.3, -0.25) is 9.59 Å². The number of nitrogens with zero attached hydrogens (tertiary/aromatic N) is 1. The zero-order valence-corrected chi connectivity index (χ0v) is 23.7. The first-order valence-corrected chi connectivity index (χ1v) is 13.6. The highest BCUT2D eigenvalue weighted by atomic mass is 35.5. The van der Waals surface area contributed by atoms with Crippen molar-refractivity contribution in [3.8, 4) is 0 Å². The average Bonchev–Trinajstić information content (AvgIpc) is 2.94. The molecule has 0 heterocycles. The average molecular weight is 547 g/mol. The minimum absolute atomic E-state index is 0.0259. The van der Waals surface area contributed by atoms with Gasteiger partial charge in [-0.2, -0.15) is 0 Å². The summed E-state index contributed by atoms with van der Waals surface area (Å²) in [5.74, 6) is -0.200. The van der Waals surface area contributed by atoms with E-state index >= 15 is 0 Å². The van der Waals surface area contributed by atoms with Crippen LogP contribution in [0.4, 0.5) is 0 Å². The molecule has 0 aliphatic heterocycles. The Morgan fingerprint density at radius 3 is 2.05 bits per heavy atom. The summed E-state index contributed by atoms with van der Waals surface area (Å²) in [7, 11) is 1.83. The number of rotatable bonds is 13. The van der Waals surface area contributed by atoms with Crippen molar-refractivity contribution in [2.75, 3.05) is 26.7 Å². The van der Waals surface area contributed by atoms with Crippen molar-refractivity contribution >= 4 is 29.5 Å².